The summed E-state index contributed by atoms with van der Waals surface area (Å²) >= 11 is 13.3. The smallest absolute Gasteiger partial charge is 0.271 e. The number of halogens is 6. The Morgan fingerprint density at radius 2 is 0.634 bits per heavy atom. The van der Waals surface area contributed by atoms with Gasteiger partial charge in [-0.25, -0.2) is 39.4 Å². The number of hydrogen-bond donors (Lipinski definition) is 8. The monoisotopic (exact) mass is 2750 g/mol. The number of aliphatic hydroxyl groups is 1. The quantitative estimate of drug-likeness (QED) is 0.00607. The van der Waals surface area contributed by atoms with Crippen LogP contribution in [0.1, 0.15) is 295 Å². The van der Waals surface area contributed by atoms with E-state index in [1.165, 1.54) is 44.7 Å². The van der Waals surface area contributed by atoms with Crippen LogP contribution in [0.2, 0.25) is 54.4 Å². The van der Waals surface area contributed by atoms with E-state index in [0.29, 0.717) is 98.5 Å². The molecule has 0 aliphatic carbocycles. The molecule has 0 bridgehead atoms. The van der Waals surface area contributed by atoms with E-state index >= 15 is 0 Å². The van der Waals surface area contributed by atoms with Crippen LogP contribution in [0.25, 0.3) is 0 Å². The molecule has 0 saturated heterocycles. The molecule has 9 N–H and O–H groups in total. The second kappa shape index (κ2) is 50.8. The zero-order chi connectivity index (χ0) is 109. The molecule has 10 atom stereocenters. The van der Waals surface area contributed by atoms with Crippen LogP contribution in [0.15, 0.2) is 24.0 Å². The molecule has 5 aliphatic heterocycles. The molecule has 5 aromatic heterocycles. The summed E-state index contributed by atoms with van der Waals surface area (Å²) in [4.78, 5) is 128. The van der Waals surface area contributed by atoms with Crippen LogP contribution in [0.3, 0.4) is 0 Å². The number of hydrogen-bond acceptors (Lipinski definition) is 29. The SMILES string of the molecule is CCCC(=O)c1c(OC)c(=O)c(I)c2n1[C@H](CO[Si](C)(C)C(C)(C)C)CC2N.CCCC(=O)c1c(OC)c(=O)c(I)c2n1[C@H](CO[Si](C)(C)C(C)(C)C)C[C@@H]2Br.CCNC(=O)c1c(OC)c(=O)c(I)c2n1[C@H](CO)CC2NS(C)(=O)=O.CCNC(=O)c1c(OC)c(=O)c(I)c2n1[C@H](COS(C)(=O)=O)CC2NS(C)(=O)=O.CCNC(=O)c1c(OC)c(=O)c(I)c2n1[C@H](CO[Si](C)(C)C(C)(C)C)CC2NS(C)(=O)=O. The fourth-order valence-corrected chi connectivity index (χ4v) is 27.8. The average molecular weight is 2750 g/mol. The minimum atomic E-state index is -3.79. The van der Waals surface area contributed by atoms with Gasteiger partial charge in [0.15, 0.2) is 82.3 Å². The minimum Gasteiger partial charge on any atom is -0.491 e. The maximum atomic E-state index is 13.0. The first-order chi connectivity index (χ1) is 65.2. The lowest BCUT2D eigenvalue weighted by Gasteiger charge is -2.37. The van der Waals surface area contributed by atoms with E-state index in [0.717, 1.165) is 49.3 Å². The molecule has 5 aliphatic rings. The molecule has 0 fully saturated rings. The number of fused-ring (bicyclic) bond motifs is 5. The summed E-state index contributed by atoms with van der Waals surface area (Å²) in [6.07, 6.45) is 8.21. The molecule has 0 radical (unpaired) electrons. The molecule has 142 heavy (non-hydrogen) atoms. The largest absolute Gasteiger partial charge is 0.491 e. The summed E-state index contributed by atoms with van der Waals surface area (Å²) in [5.41, 5.74) is 7.84. The van der Waals surface area contributed by atoms with Crippen molar-refractivity contribution in [2.75, 3.05) is 113 Å². The summed E-state index contributed by atoms with van der Waals surface area (Å²) in [5, 5.41) is 17.9. The number of methoxy groups -OCH3 is 5. The third-order valence-electron chi connectivity index (χ3n) is 26.0. The Kier molecular flexibility index (Phi) is 45.2. The number of aromatic nitrogens is 5. The number of carbonyl (C=O) groups excluding carboxylic acids is 5. The number of ketones is 2. The fourth-order valence-electron chi connectivity index (χ4n) is 16.3. The van der Waals surface area contributed by atoms with Gasteiger partial charge in [-0.3, -0.25) is 52.1 Å². The highest BCUT2D eigenvalue weighted by molar-refractivity contribution is 14.1. The van der Waals surface area contributed by atoms with Gasteiger partial charge in [0.05, 0.1) is 187 Å². The van der Waals surface area contributed by atoms with Crippen LogP contribution >= 0.6 is 129 Å². The van der Waals surface area contributed by atoms with Crippen molar-refractivity contribution in [1.82, 2.24) is 53.0 Å². The molecule has 0 spiro atoms. The van der Waals surface area contributed by atoms with E-state index in [1.54, 1.807) is 47.9 Å². The molecule has 10 heterocycles. The number of carbonyl (C=O) groups is 5. The van der Waals surface area contributed by atoms with E-state index < -0.39 is 129 Å². The Bertz CT molecular complexity index is 6230. The van der Waals surface area contributed by atoms with Gasteiger partial charge in [0.1, 0.15) is 11.4 Å². The number of rotatable bonds is 36. The van der Waals surface area contributed by atoms with Crippen LogP contribution in [0.4, 0.5) is 0 Å². The van der Waals surface area contributed by atoms with E-state index in [4.69, 9.17) is 46.9 Å². The molecule has 10 rings (SSSR count). The summed E-state index contributed by atoms with van der Waals surface area (Å²) < 4.78 is 163. The number of nitrogens with zero attached hydrogens (tertiary/aromatic N) is 5. The summed E-state index contributed by atoms with van der Waals surface area (Å²) in [6, 6.07) is -4.26. The minimum absolute atomic E-state index is 0.00711. The summed E-state index contributed by atoms with van der Waals surface area (Å²) in [5.74, 6) is -1.82. The van der Waals surface area contributed by atoms with Gasteiger partial charge in [0.25, 0.3) is 27.8 Å². The molecule has 40 nitrogen and oxygen atoms in total. The highest BCUT2D eigenvalue weighted by Crippen LogP contribution is 2.50. The molecule has 802 valence electrons. The van der Waals surface area contributed by atoms with Gasteiger partial charge in [-0.1, -0.05) is 92.1 Å². The van der Waals surface area contributed by atoms with Crippen LogP contribution in [0.5, 0.6) is 28.7 Å². The Hall–Kier alpha value is -4.28. The van der Waals surface area contributed by atoms with Gasteiger partial charge in [0.2, 0.25) is 57.2 Å². The van der Waals surface area contributed by atoms with Gasteiger partial charge >= 0.3 is 0 Å². The van der Waals surface area contributed by atoms with Crippen molar-refractivity contribution in [2.45, 2.75) is 268 Å². The Labute approximate surface area is 912 Å². The Morgan fingerprint density at radius 3 is 0.894 bits per heavy atom. The van der Waals surface area contributed by atoms with E-state index in [2.05, 4.69) is 170 Å². The number of alkyl halides is 1. The number of nitrogens with two attached hydrogens (primary N) is 1. The van der Waals surface area contributed by atoms with Crippen LogP contribution in [-0.4, -0.2) is 229 Å². The van der Waals surface area contributed by atoms with Crippen LogP contribution in [0, 0.1) is 17.9 Å². The van der Waals surface area contributed by atoms with Gasteiger partial charge < -0.3 is 86.6 Å². The maximum absolute atomic E-state index is 13.0. The highest BCUT2D eigenvalue weighted by Gasteiger charge is 2.49. The zero-order valence-electron chi connectivity index (χ0n) is 86.0. The predicted octanol–water partition coefficient (Wildman–Crippen LogP) is 12.5. The van der Waals surface area contributed by atoms with Gasteiger partial charge in [-0.15, -0.1) is 0 Å². The van der Waals surface area contributed by atoms with Crippen molar-refractivity contribution < 1.29 is 104 Å². The molecule has 4 unspecified atom stereocenters. The van der Waals surface area contributed by atoms with Crippen molar-refractivity contribution in [3.8, 4) is 28.7 Å². The second-order valence-electron chi connectivity index (χ2n) is 39.6. The lowest BCUT2D eigenvalue weighted by Crippen LogP contribution is -2.42. The van der Waals surface area contributed by atoms with Crippen LogP contribution < -0.4 is 86.7 Å². The van der Waals surface area contributed by atoms with Crippen molar-refractivity contribution in [2.24, 2.45) is 5.73 Å². The number of sulfonamides is 3. The number of nitrogens with one attached hydrogen (secondary N) is 6. The Morgan fingerprint density at radius 1 is 0.394 bits per heavy atom. The fraction of sp³-hybridized carbons (Fsp3) is 0.663. The van der Waals surface area contributed by atoms with Gasteiger partial charge in [-0.05, 0) is 233 Å². The maximum Gasteiger partial charge on any atom is 0.271 e. The number of aliphatic hydroxyl groups excluding tert-OH is 1. The standard InChI is InChI=1S/C20H31BrINO4Si.C20H34IN3O6SSi.C20H33IN2O4Si.C15H22IN3O8S2.C14H20IN3O6S/c1-8-9-14(24)17-19(26-5)18(25)15(22)16-13(21)10-12(23(16)17)11-27-28(6,7)20(2,3)4;1-9-22-19(26)16-18(29-5)17(25)14(21)15-13(23-31(6,27)28)10-12(24(15)16)11-30-32(7,8)20(2,3)4;1-8-9-14(24)17-19(26-5)18(25)15(21)16-13(22)10-12(23(16)17)11-27-28(6,7)20(2,3)4;1-5-17-15(21)12-14(26-2)13(20)10(16)11-9(18-28(3,22)23)6-8(19(11)12)7-27-29(4,24)25;1-4-16-14(21)11-13(24-2)12(20)9(15)10-8(17-25(3,22)23)5-7(6-19)18(10)11/h12-13H,8-11H2,1-7H3;12-13,23H,9-11H2,1-8H3,(H,22,26);12-13H,8-11,22H2,1-7H3;8-9,18H,5-7H2,1-4H3,(H,17,21);7-8,17,19H,4-6H2,1-3H3,(H,16,21)/t12-,13-;2*12-,13?;8-,9?;7-,8?/m00000/s1. The normalized spacial score (nSPS) is 19.4. The number of Topliss-reactive ketones (excluding diaryl/α,β-unsaturated/α-hetero) is 2. The molecular weight excluding hydrogens is 2610 g/mol. The Balaban J connectivity index is 0.000000272. The third-order valence-corrected chi connectivity index (χ3v) is 48.2. The van der Waals surface area contributed by atoms with E-state index in [9.17, 15) is 86.7 Å². The van der Waals surface area contributed by atoms with Crippen molar-refractivity contribution >= 4 is 223 Å². The molecule has 5 aromatic rings. The first-order valence-electron chi connectivity index (χ1n) is 45.9. The molecule has 0 saturated carbocycles. The van der Waals surface area contributed by atoms with Crippen molar-refractivity contribution in [1.29, 1.82) is 0 Å². The highest BCUT2D eigenvalue weighted by atomic mass is 127. The number of pyridine rings is 5. The predicted molar refractivity (Wildman–Crippen MR) is 599 cm³/mol. The first-order valence-corrected chi connectivity index (χ1v) is 68.5. The van der Waals surface area contributed by atoms with Crippen molar-refractivity contribution in [3.63, 3.8) is 0 Å². The second-order valence-corrected chi connectivity index (χ2v) is 67.5. The molecular formula is C89H140BrI5N12O28S4Si3. The van der Waals surface area contributed by atoms with Gasteiger partial charge in [-0.2, -0.15) is 8.42 Å². The van der Waals surface area contributed by atoms with Crippen molar-refractivity contribution in [3.05, 3.63) is 126 Å². The van der Waals surface area contributed by atoms with E-state index in [-0.39, 0.29) is 158 Å². The third kappa shape index (κ3) is 29.6. The lowest BCUT2D eigenvalue weighted by molar-refractivity contribution is 0.0928. The average Bonchev–Trinajstić information content (AvgIpc) is 1.59. The summed E-state index contributed by atoms with van der Waals surface area (Å²) in [7, 11) is -13.8. The molecule has 3 amide bonds. The number of ether oxygens (including phenoxy) is 5. The van der Waals surface area contributed by atoms with E-state index in [1.807, 2.05) is 90.8 Å². The van der Waals surface area contributed by atoms with Crippen LogP contribution in [-0.2, 0) is 57.6 Å². The van der Waals surface area contributed by atoms with Gasteiger partial charge in [0, 0.05) is 44.2 Å². The lowest BCUT2D eigenvalue weighted by atomic mass is 10.1. The zero-order valence-corrected chi connectivity index (χ0v) is 105. The number of amides is 3. The topological polar surface area (TPSA) is 533 Å². The summed E-state index contributed by atoms with van der Waals surface area (Å²) in [6.45, 7) is 43.6. The first kappa shape index (κ1) is 126. The molecule has 0 aromatic carbocycles. The molecule has 53 heteroatoms.